The molecule has 1 unspecified atom stereocenters. The van der Waals surface area contributed by atoms with Crippen LogP contribution in [0.1, 0.15) is 109 Å². The number of hydrogen-bond acceptors (Lipinski definition) is 9. The average molecular weight is 1050 g/mol. The molecule has 1 aliphatic rings. The van der Waals surface area contributed by atoms with Crippen molar-refractivity contribution in [3.63, 3.8) is 0 Å². The summed E-state index contributed by atoms with van der Waals surface area (Å²) in [5.41, 5.74) is 0.951. The van der Waals surface area contributed by atoms with Crippen LogP contribution in [0.4, 0.5) is 17.6 Å². The maximum absolute atomic E-state index is 12.9. The number of carbonyl (C=O) groups is 3. The van der Waals surface area contributed by atoms with E-state index in [1.807, 2.05) is 61.6 Å². The number of nitrogens with one attached hydrogen (secondary N) is 1. The number of alkyl halides is 3. The Bertz CT molecular complexity index is 2640. The van der Waals surface area contributed by atoms with Crippen molar-refractivity contribution in [3.05, 3.63) is 201 Å². The largest absolute Gasteiger partial charge is 0.486 e. The number of piperidine rings is 1. The maximum Gasteiger partial charge on any atom is 0.416 e. The summed E-state index contributed by atoms with van der Waals surface area (Å²) in [6.07, 6.45) is -1.48. The van der Waals surface area contributed by atoms with Crippen LogP contribution in [-0.4, -0.2) is 72.5 Å². The van der Waals surface area contributed by atoms with Crippen LogP contribution in [0.3, 0.4) is 0 Å². The molecule has 7 rings (SSSR count). The molecule has 73 heavy (non-hydrogen) atoms. The van der Waals surface area contributed by atoms with Gasteiger partial charge in [-0.3, -0.25) is 9.59 Å². The van der Waals surface area contributed by atoms with Crippen molar-refractivity contribution in [2.24, 2.45) is 0 Å². The van der Waals surface area contributed by atoms with E-state index in [-0.39, 0.29) is 29.6 Å². The SMILES string of the molecule is CC(C)OC(=O)C(C)(C)Oc1ccc(C(=O)c2ccc(Cl)cc2)cc1.CNCCC(Oc1ccc(C(F)(F)F)cc1)c1ccccc1.O=C(CCCN1CCC(O)(c2ccc(Cl)cc2)CC1)c1ccc(F)cc1. The molecular formula is C58H62Cl2F4N2O7. The van der Waals surface area contributed by atoms with Crippen molar-refractivity contribution in [1.82, 2.24) is 10.2 Å². The second kappa shape index (κ2) is 27.3. The van der Waals surface area contributed by atoms with Gasteiger partial charge in [-0.25, -0.2) is 9.18 Å². The summed E-state index contributed by atoms with van der Waals surface area (Å²) in [6, 6.07) is 40.9. The number of nitrogens with zero attached hydrogens (tertiary/aromatic N) is 1. The first kappa shape index (κ1) is 57.8. The Morgan fingerprint density at radius 2 is 1.25 bits per heavy atom. The van der Waals surface area contributed by atoms with E-state index in [4.69, 9.17) is 37.4 Å². The Balaban J connectivity index is 0.000000204. The van der Waals surface area contributed by atoms with E-state index < -0.39 is 28.9 Å². The van der Waals surface area contributed by atoms with Crippen LogP contribution in [0.5, 0.6) is 11.5 Å². The average Bonchev–Trinajstić information content (AvgIpc) is 3.36. The van der Waals surface area contributed by atoms with E-state index in [0.29, 0.717) is 57.5 Å². The monoisotopic (exact) mass is 1040 g/mol. The van der Waals surface area contributed by atoms with Gasteiger partial charge in [0.25, 0.3) is 0 Å². The Labute approximate surface area is 435 Å². The van der Waals surface area contributed by atoms with Crippen molar-refractivity contribution in [3.8, 4) is 11.5 Å². The number of benzene rings is 6. The second-order valence-electron chi connectivity index (χ2n) is 18.3. The highest BCUT2D eigenvalue weighted by atomic mass is 35.5. The topological polar surface area (TPSA) is 114 Å². The predicted molar refractivity (Wildman–Crippen MR) is 278 cm³/mol. The minimum atomic E-state index is -4.33. The summed E-state index contributed by atoms with van der Waals surface area (Å²) < 4.78 is 67.4. The third kappa shape index (κ3) is 18.4. The summed E-state index contributed by atoms with van der Waals surface area (Å²) in [7, 11) is 1.85. The van der Waals surface area contributed by atoms with Crippen LogP contribution in [0.2, 0.25) is 10.0 Å². The van der Waals surface area contributed by atoms with Crippen molar-refractivity contribution < 1.29 is 51.3 Å². The third-order valence-corrected chi connectivity index (χ3v) is 12.3. The van der Waals surface area contributed by atoms with Gasteiger partial charge in [-0.2, -0.15) is 13.2 Å². The molecule has 0 saturated carbocycles. The van der Waals surface area contributed by atoms with Crippen LogP contribution in [-0.2, 0) is 21.3 Å². The number of aliphatic hydroxyl groups is 1. The highest BCUT2D eigenvalue weighted by Gasteiger charge is 2.35. The zero-order chi connectivity index (χ0) is 53.2. The number of esters is 1. The molecule has 1 atom stereocenters. The highest BCUT2D eigenvalue weighted by molar-refractivity contribution is 6.31. The van der Waals surface area contributed by atoms with Crippen LogP contribution >= 0.6 is 23.2 Å². The molecule has 0 spiro atoms. The number of Topliss-reactive ketones (excluding diaryl/α,β-unsaturated/α-hetero) is 1. The number of halogens is 6. The fourth-order valence-electron chi connectivity index (χ4n) is 7.70. The minimum Gasteiger partial charge on any atom is -0.486 e. The van der Waals surface area contributed by atoms with Crippen LogP contribution in [0, 0.1) is 5.82 Å². The predicted octanol–water partition coefficient (Wildman–Crippen LogP) is 13.5. The molecule has 2 N–H and O–H groups in total. The molecule has 0 aliphatic carbocycles. The Hall–Kier alpha value is -6.09. The normalized spacial score (nSPS) is 13.9. The fraction of sp³-hybridized carbons (Fsp3) is 0.328. The third-order valence-electron chi connectivity index (χ3n) is 11.8. The zero-order valence-corrected chi connectivity index (χ0v) is 43.1. The number of likely N-dealkylation sites (tertiary alicyclic amines) is 1. The van der Waals surface area contributed by atoms with E-state index in [0.717, 1.165) is 62.3 Å². The van der Waals surface area contributed by atoms with E-state index in [1.54, 1.807) is 76.2 Å². The van der Waals surface area contributed by atoms with Gasteiger partial charge in [-0.15, -0.1) is 0 Å². The summed E-state index contributed by atoms with van der Waals surface area (Å²) in [4.78, 5) is 38.9. The highest BCUT2D eigenvalue weighted by Crippen LogP contribution is 2.34. The minimum absolute atomic E-state index is 0.0414. The van der Waals surface area contributed by atoms with Gasteiger partial charge in [-0.1, -0.05) is 65.7 Å². The molecule has 15 heteroatoms. The van der Waals surface area contributed by atoms with E-state index in [9.17, 15) is 37.1 Å². The van der Waals surface area contributed by atoms with Gasteiger partial charge in [0.2, 0.25) is 0 Å². The molecule has 1 aliphatic heterocycles. The summed E-state index contributed by atoms with van der Waals surface area (Å²) in [6.45, 7) is 10.0. The molecule has 0 bridgehead atoms. The lowest BCUT2D eigenvalue weighted by molar-refractivity contribution is -0.163. The van der Waals surface area contributed by atoms with E-state index in [2.05, 4.69) is 10.2 Å². The van der Waals surface area contributed by atoms with Crippen LogP contribution in [0.15, 0.2) is 152 Å². The smallest absolute Gasteiger partial charge is 0.416 e. The standard InChI is InChI=1S/C21H23ClFNO2.C20H21ClO4.C17H18F3NO/c22-18-7-5-17(6-8-18)21(26)11-14-24(15-12-21)13-1-2-20(25)16-3-9-19(23)10-4-16;1-13(2)24-19(23)20(3,4)25-17-11-7-15(8-12-17)18(22)14-5-9-16(21)10-6-14;1-21-12-11-16(13-5-3-2-4-6-13)22-15-9-7-14(8-10-15)17(18,19)20/h3-10,26H,1-2,11-15H2;5-13H,1-4H3;2-10,16,21H,11-12H2,1H3. The first-order chi connectivity index (χ1) is 34.6. The molecule has 0 aromatic heterocycles. The number of hydrogen-bond donors (Lipinski definition) is 2. The zero-order valence-electron chi connectivity index (χ0n) is 41.6. The molecule has 1 fully saturated rings. The summed E-state index contributed by atoms with van der Waals surface area (Å²) in [5, 5.41) is 15.2. The first-order valence-corrected chi connectivity index (χ1v) is 24.7. The van der Waals surface area contributed by atoms with E-state index in [1.165, 1.54) is 36.4 Å². The van der Waals surface area contributed by atoms with Crippen LogP contribution < -0.4 is 14.8 Å². The molecule has 388 valence electrons. The van der Waals surface area contributed by atoms with Gasteiger partial charge < -0.3 is 29.5 Å². The van der Waals surface area contributed by atoms with Gasteiger partial charge in [0.05, 0.1) is 17.3 Å². The molecule has 0 radical (unpaired) electrons. The van der Waals surface area contributed by atoms with Gasteiger partial charge in [-0.05, 0) is 187 Å². The van der Waals surface area contributed by atoms with Crippen molar-refractivity contribution in [2.45, 2.75) is 89.4 Å². The lowest BCUT2D eigenvalue weighted by Gasteiger charge is -2.38. The Morgan fingerprint density at radius 3 is 1.78 bits per heavy atom. The molecule has 1 saturated heterocycles. The first-order valence-electron chi connectivity index (χ1n) is 24.0. The van der Waals surface area contributed by atoms with Gasteiger partial charge >= 0.3 is 12.1 Å². The Kier molecular flexibility index (Phi) is 21.6. The van der Waals surface area contributed by atoms with Gasteiger partial charge in [0.15, 0.2) is 17.2 Å². The molecule has 9 nitrogen and oxygen atoms in total. The Morgan fingerprint density at radius 1 is 0.726 bits per heavy atom. The number of ketones is 2. The van der Waals surface area contributed by atoms with Gasteiger partial charge in [0, 0.05) is 52.7 Å². The van der Waals surface area contributed by atoms with E-state index >= 15 is 0 Å². The maximum atomic E-state index is 12.9. The van der Waals surface area contributed by atoms with Crippen molar-refractivity contribution >= 4 is 40.7 Å². The molecule has 6 aromatic carbocycles. The molecule has 6 aromatic rings. The molecule has 1 heterocycles. The van der Waals surface area contributed by atoms with Crippen molar-refractivity contribution in [2.75, 3.05) is 33.2 Å². The number of rotatable bonds is 18. The second-order valence-corrected chi connectivity index (χ2v) is 19.1. The summed E-state index contributed by atoms with van der Waals surface area (Å²) in [5.74, 6) is 0.0737. The van der Waals surface area contributed by atoms with Crippen LogP contribution in [0.25, 0.3) is 0 Å². The quantitative estimate of drug-likeness (QED) is 0.0493. The number of carbonyl (C=O) groups excluding carboxylic acids is 3. The molecule has 0 amide bonds. The van der Waals surface area contributed by atoms with Crippen molar-refractivity contribution in [1.29, 1.82) is 0 Å². The number of ether oxygens (including phenoxy) is 3. The summed E-state index contributed by atoms with van der Waals surface area (Å²) >= 11 is 11.8. The lowest BCUT2D eigenvalue weighted by atomic mass is 9.84. The fourth-order valence-corrected chi connectivity index (χ4v) is 7.95. The molecular weight excluding hydrogens is 984 g/mol. The van der Waals surface area contributed by atoms with Gasteiger partial charge in [0.1, 0.15) is 23.4 Å². The lowest BCUT2D eigenvalue weighted by Crippen LogP contribution is -2.42.